The van der Waals surface area contributed by atoms with Crippen LogP contribution in [0.3, 0.4) is 0 Å². The fourth-order valence-corrected chi connectivity index (χ4v) is 2.72. The number of fused-ring (bicyclic) bond motifs is 1. The first-order valence-corrected chi connectivity index (χ1v) is 7.90. The molecule has 3 aromatic rings. The van der Waals surface area contributed by atoms with Crippen molar-refractivity contribution in [1.82, 2.24) is 24.6 Å². The fourth-order valence-electron chi connectivity index (χ4n) is 2.72. The number of para-hydroxylation sites is 1. The van der Waals surface area contributed by atoms with Crippen LogP contribution in [-0.4, -0.2) is 37.7 Å². The minimum absolute atomic E-state index is 0.128. The van der Waals surface area contributed by atoms with Gasteiger partial charge in [-0.15, -0.1) is 0 Å². The molecule has 0 atom stereocenters. The molecule has 0 unspecified atom stereocenters. The van der Waals surface area contributed by atoms with Crippen molar-refractivity contribution in [3.05, 3.63) is 52.2 Å². The maximum Gasteiger partial charge on any atom is 0.262 e. The van der Waals surface area contributed by atoms with Crippen LogP contribution in [0.25, 0.3) is 16.7 Å². The molecule has 23 heavy (non-hydrogen) atoms. The second-order valence-corrected chi connectivity index (χ2v) is 5.51. The summed E-state index contributed by atoms with van der Waals surface area (Å²) in [6, 6.07) is 9.76. The highest BCUT2D eigenvalue weighted by atomic mass is 16.1. The van der Waals surface area contributed by atoms with Crippen LogP contribution in [-0.2, 0) is 6.54 Å². The van der Waals surface area contributed by atoms with Gasteiger partial charge in [0, 0.05) is 0 Å². The van der Waals surface area contributed by atoms with Crippen LogP contribution >= 0.6 is 0 Å². The maximum absolute atomic E-state index is 12.5. The Morgan fingerprint density at radius 3 is 2.52 bits per heavy atom. The summed E-state index contributed by atoms with van der Waals surface area (Å²) in [6.45, 7) is 8.47. The molecular formula is C17H21N5O. The Morgan fingerprint density at radius 2 is 1.87 bits per heavy atom. The van der Waals surface area contributed by atoms with Crippen LogP contribution in [0.4, 0.5) is 0 Å². The number of benzene rings is 1. The molecule has 0 bridgehead atoms. The van der Waals surface area contributed by atoms with Crippen LogP contribution in [0, 0.1) is 6.92 Å². The van der Waals surface area contributed by atoms with Crippen molar-refractivity contribution in [1.29, 1.82) is 0 Å². The quantitative estimate of drug-likeness (QED) is 0.785. The molecule has 0 radical (unpaired) electrons. The van der Waals surface area contributed by atoms with Crippen molar-refractivity contribution >= 4 is 11.0 Å². The molecule has 2 heterocycles. The molecule has 120 valence electrons. The van der Waals surface area contributed by atoms with E-state index in [1.165, 1.54) is 0 Å². The third-order valence-corrected chi connectivity index (χ3v) is 4.03. The van der Waals surface area contributed by atoms with E-state index in [2.05, 4.69) is 33.8 Å². The monoisotopic (exact) mass is 311 g/mol. The number of H-pyrrole nitrogens is 1. The summed E-state index contributed by atoms with van der Waals surface area (Å²) in [6.07, 6.45) is 0. The van der Waals surface area contributed by atoms with Gasteiger partial charge in [0.15, 0.2) is 5.65 Å². The zero-order valence-electron chi connectivity index (χ0n) is 13.7. The number of aromatic amines is 1. The number of aryl methyl sites for hydroxylation is 1. The van der Waals surface area contributed by atoms with Crippen molar-refractivity contribution in [2.45, 2.75) is 27.3 Å². The average Bonchev–Trinajstić information content (AvgIpc) is 2.90. The molecule has 3 rings (SSSR count). The number of nitrogens with one attached hydrogen (secondary N) is 1. The molecule has 1 aromatic carbocycles. The summed E-state index contributed by atoms with van der Waals surface area (Å²) in [5, 5.41) is 5.05. The van der Waals surface area contributed by atoms with Gasteiger partial charge < -0.3 is 4.98 Å². The number of hydrogen-bond donors (Lipinski definition) is 1. The van der Waals surface area contributed by atoms with E-state index >= 15 is 0 Å². The summed E-state index contributed by atoms with van der Waals surface area (Å²) in [5.74, 6) is 0.670. The third-order valence-electron chi connectivity index (χ3n) is 4.03. The zero-order chi connectivity index (χ0) is 16.4. The topological polar surface area (TPSA) is 66.8 Å². The molecule has 0 aliphatic carbocycles. The molecule has 6 heteroatoms. The highest BCUT2D eigenvalue weighted by molar-refractivity contribution is 5.78. The first kappa shape index (κ1) is 15.4. The van der Waals surface area contributed by atoms with Crippen molar-refractivity contribution < 1.29 is 0 Å². The number of aromatic nitrogens is 4. The van der Waals surface area contributed by atoms with Crippen LogP contribution in [0.5, 0.6) is 0 Å². The first-order valence-electron chi connectivity index (χ1n) is 7.90. The van der Waals surface area contributed by atoms with Crippen LogP contribution in [0.1, 0.15) is 25.4 Å². The molecule has 0 saturated carbocycles. The first-order chi connectivity index (χ1) is 11.1. The second kappa shape index (κ2) is 6.34. The molecule has 0 fully saturated rings. The van der Waals surface area contributed by atoms with Gasteiger partial charge in [0.1, 0.15) is 11.2 Å². The second-order valence-electron chi connectivity index (χ2n) is 5.51. The number of rotatable bonds is 5. The average molecular weight is 311 g/mol. The Bertz CT molecular complexity index is 862. The smallest absolute Gasteiger partial charge is 0.262 e. The molecular weight excluding hydrogens is 290 g/mol. The Balaban J connectivity index is 2.16. The largest absolute Gasteiger partial charge is 0.309 e. The lowest BCUT2D eigenvalue weighted by Crippen LogP contribution is -2.25. The molecule has 0 aliphatic rings. The fraction of sp³-hybridized carbons (Fsp3) is 0.353. The molecule has 0 spiro atoms. The molecule has 1 N–H and O–H groups in total. The maximum atomic E-state index is 12.5. The summed E-state index contributed by atoms with van der Waals surface area (Å²) < 4.78 is 1.74. The van der Waals surface area contributed by atoms with Crippen LogP contribution < -0.4 is 5.56 Å². The lowest BCUT2D eigenvalue weighted by Gasteiger charge is -2.16. The highest BCUT2D eigenvalue weighted by Gasteiger charge is 2.15. The Hall–Kier alpha value is -2.47. The Kier molecular flexibility index (Phi) is 4.25. The molecule has 0 amide bonds. The molecule has 6 nitrogen and oxygen atoms in total. The van der Waals surface area contributed by atoms with Crippen molar-refractivity contribution in [2.75, 3.05) is 13.1 Å². The molecule has 0 saturated heterocycles. The minimum atomic E-state index is -0.128. The third kappa shape index (κ3) is 2.90. The van der Waals surface area contributed by atoms with Gasteiger partial charge in [-0.2, -0.15) is 5.10 Å². The number of hydrogen-bond acceptors (Lipinski definition) is 4. The van der Waals surface area contributed by atoms with E-state index in [-0.39, 0.29) is 5.56 Å². The van der Waals surface area contributed by atoms with Crippen molar-refractivity contribution in [2.24, 2.45) is 0 Å². The summed E-state index contributed by atoms with van der Waals surface area (Å²) in [4.78, 5) is 22.2. The SMILES string of the molecule is CCN(CC)Cc1nc2c(c(C)nn2-c2ccccc2)c(=O)[nH]1. The zero-order valence-corrected chi connectivity index (χ0v) is 13.7. The van der Waals surface area contributed by atoms with Crippen molar-refractivity contribution in [3.63, 3.8) is 0 Å². The predicted molar refractivity (Wildman–Crippen MR) is 90.8 cm³/mol. The van der Waals surface area contributed by atoms with Gasteiger partial charge in [0.25, 0.3) is 5.56 Å². The van der Waals surface area contributed by atoms with Crippen LogP contribution in [0.15, 0.2) is 35.1 Å². The van der Waals surface area contributed by atoms with Gasteiger partial charge in [0.05, 0.1) is 17.9 Å². The highest BCUT2D eigenvalue weighted by Crippen LogP contribution is 2.17. The van der Waals surface area contributed by atoms with Gasteiger partial charge in [-0.25, -0.2) is 9.67 Å². The van der Waals surface area contributed by atoms with Gasteiger partial charge in [0.2, 0.25) is 0 Å². The van der Waals surface area contributed by atoms with E-state index in [0.717, 1.165) is 18.8 Å². The van der Waals surface area contributed by atoms with E-state index in [9.17, 15) is 4.79 Å². The van der Waals surface area contributed by atoms with Gasteiger partial charge in [-0.1, -0.05) is 32.0 Å². The van der Waals surface area contributed by atoms with Gasteiger partial charge in [-0.3, -0.25) is 9.69 Å². The Labute approximate surface area is 134 Å². The minimum Gasteiger partial charge on any atom is -0.309 e. The van der Waals surface area contributed by atoms with E-state index < -0.39 is 0 Å². The molecule has 0 aliphatic heterocycles. The van der Waals surface area contributed by atoms with E-state index in [4.69, 9.17) is 0 Å². The summed E-state index contributed by atoms with van der Waals surface area (Å²) >= 11 is 0. The van der Waals surface area contributed by atoms with E-state index in [0.29, 0.717) is 29.1 Å². The van der Waals surface area contributed by atoms with E-state index in [1.807, 2.05) is 37.3 Å². The molecule has 2 aromatic heterocycles. The van der Waals surface area contributed by atoms with Gasteiger partial charge >= 0.3 is 0 Å². The van der Waals surface area contributed by atoms with Gasteiger partial charge in [-0.05, 0) is 32.1 Å². The van der Waals surface area contributed by atoms with Crippen LogP contribution in [0.2, 0.25) is 0 Å². The normalized spacial score (nSPS) is 11.5. The van der Waals surface area contributed by atoms with E-state index in [1.54, 1.807) is 4.68 Å². The Morgan fingerprint density at radius 1 is 1.17 bits per heavy atom. The lowest BCUT2D eigenvalue weighted by molar-refractivity contribution is 0.288. The summed E-state index contributed by atoms with van der Waals surface area (Å²) in [7, 11) is 0. The predicted octanol–water partition coefficient (Wildman–Crippen LogP) is 2.26. The lowest BCUT2D eigenvalue weighted by atomic mass is 10.3. The van der Waals surface area contributed by atoms with Crippen molar-refractivity contribution in [3.8, 4) is 5.69 Å². The summed E-state index contributed by atoms with van der Waals surface area (Å²) in [5.41, 5.74) is 2.07. The number of nitrogens with zero attached hydrogens (tertiary/aromatic N) is 4. The standard InChI is InChI=1S/C17H21N5O/c1-4-21(5-2)11-14-18-16-15(17(23)19-14)12(3)20-22(16)13-9-7-6-8-10-13/h6-10H,4-5,11H2,1-3H3,(H,18,19,23).